The van der Waals surface area contributed by atoms with E-state index in [0.29, 0.717) is 12.5 Å². The summed E-state index contributed by atoms with van der Waals surface area (Å²) in [6, 6.07) is 0. The lowest BCUT2D eigenvalue weighted by Gasteiger charge is -2.28. The van der Waals surface area contributed by atoms with E-state index in [9.17, 15) is 18.0 Å². The van der Waals surface area contributed by atoms with E-state index < -0.39 is 17.6 Å². The fourth-order valence-electron chi connectivity index (χ4n) is 1.41. The van der Waals surface area contributed by atoms with E-state index in [1.165, 1.54) is 6.20 Å². The molecule has 1 amide bonds. The second-order valence-corrected chi connectivity index (χ2v) is 5.57. The molecule has 2 rings (SSSR count). The summed E-state index contributed by atoms with van der Waals surface area (Å²) < 4.78 is 43.4. The monoisotopic (exact) mass is 303 g/mol. The van der Waals surface area contributed by atoms with Crippen molar-refractivity contribution in [3.8, 4) is 5.88 Å². The Morgan fingerprint density at radius 3 is 2.48 bits per heavy atom. The van der Waals surface area contributed by atoms with E-state index in [1.807, 2.05) is 5.32 Å². The first-order valence-electron chi connectivity index (χ1n) is 6.53. The summed E-state index contributed by atoms with van der Waals surface area (Å²) in [7, 11) is 0. The van der Waals surface area contributed by atoms with E-state index in [1.54, 1.807) is 0 Å². The Kier molecular flexibility index (Phi) is 4.06. The standard InChI is InChI=1S/C13H16F3N3O2/c1-12(2,13(14,15)16)19-11(20)9-5-18-10(6-17-9)21-7-8-3-4-8/h5-6,8H,3-4,7H2,1-2H3,(H,19,20). The van der Waals surface area contributed by atoms with Crippen molar-refractivity contribution in [1.82, 2.24) is 15.3 Å². The molecule has 8 heteroatoms. The number of aromatic nitrogens is 2. The predicted molar refractivity (Wildman–Crippen MR) is 67.9 cm³/mol. The number of hydrogen-bond donors (Lipinski definition) is 1. The number of carbonyl (C=O) groups is 1. The molecule has 0 aromatic carbocycles. The van der Waals surface area contributed by atoms with Gasteiger partial charge in [-0.05, 0) is 32.6 Å². The summed E-state index contributed by atoms with van der Waals surface area (Å²) >= 11 is 0. The van der Waals surface area contributed by atoms with Crippen LogP contribution >= 0.6 is 0 Å². The van der Waals surface area contributed by atoms with Gasteiger partial charge in [0.05, 0.1) is 19.0 Å². The maximum Gasteiger partial charge on any atom is 0.410 e. The highest BCUT2D eigenvalue weighted by atomic mass is 19.4. The minimum Gasteiger partial charge on any atom is -0.476 e. The first kappa shape index (κ1) is 15.5. The van der Waals surface area contributed by atoms with Gasteiger partial charge in [0.2, 0.25) is 5.88 Å². The molecule has 0 bridgehead atoms. The smallest absolute Gasteiger partial charge is 0.410 e. The molecule has 0 unspecified atom stereocenters. The second-order valence-electron chi connectivity index (χ2n) is 5.57. The quantitative estimate of drug-likeness (QED) is 0.907. The van der Waals surface area contributed by atoms with Crippen molar-refractivity contribution in [3.63, 3.8) is 0 Å². The number of nitrogens with one attached hydrogen (secondary N) is 1. The summed E-state index contributed by atoms with van der Waals surface area (Å²) in [6.45, 7) is 2.30. The molecule has 116 valence electrons. The van der Waals surface area contributed by atoms with Gasteiger partial charge in [-0.15, -0.1) is 0 Å². The number of nitrogens with zero attached hydrogens (tertiary/aromatic N) is 2. The highest BCUT2D eigenvalue weighted by molar-refractivity contribution is 5.92. The van der Waals surface area contributed by atoms with Crippen LogP contribution in [0.15, 0.2) is 12.4 Å². The third-order valence-corrected chi connectivity index (χ3v) is 3.16. The zero-order valence-corrected chi connectivity index (χ0v) is 11.7. The van der Waals surface area contributed by atoms with Gasteiger partial charge < -0.3 is 10.1 Å². The fourth-order valence-corrected chi connectivity index (χ4v) is 1.41. The molecular weight excluding hydrogens is 287 g/mol. The number of carbonyl (C=O) groups excluding carboxylic acids is 1. The van der Waals surface area contributed by atoms with Gasteiger partial charge in [0.1, 0.15) is 11.2 Å². The van der Waals surface area contributed by atoms with Crippen LogP contribution in [0.5, 0.6) is 5.88 Å². The molecule has 1 saturated carbocycles. The topological polar surface area (TPSA) is 64.1 Å². The molecule has 1 aromatic rings. The molecule has 1 N–H and O–H groups in total. The fraction of sp³-hybridized carbons (Fsp3) is 0.615. The maximum atomic E-state index is 12.7. The molecule has 21 heavy (non-hydrogen) atoms. The molecule has 5 nitrogen and oxygen atoms in total. The summed E-state index contributed by atoms with van der Waals surface area (Å²) in [5.74, 6) is -0.130. The van der Waals surface area contributed by atoms with Crippen molar-refractivity contribution >= 4 is 5.91 Å². The minimum absolute atomic E-state index is 0.189. The Balaban J connectivity index is 1.95. The number of ether oxygens (including phenoxy) is 1. The molecule has 1 aliphatic carbocycles. The lowest BCUT2D eigenvalue weighted by Crippen LogP contribution is -2.54. The van der Waals surface area contributed by atoms with Crippen LogP contribution in [0.25, 0.3) is 0 Å². The summed E-state index contributed by atoms with van der Waals surface area (Å²) in [6.07, 6.45) is 0.0339. The van der Waals surface area contributed by atoms with Gasteiger partial charge in [0.15, 0.2) is 0 Å². The van der Waals surface area contributed by atoms with Crippen LogP contribution in [0.4, 0.5) is 13.2 Å². The van der Waals surface area contributed by atoms with E-state index in [2.05, 4.69) is 9.97 Å². The average Bonchev–Trinajstić information content (AvgIpc) is 3.19. The number of halogens is 3. The van der Waals surface area contributed by atoms with Gasteiger partial charge in [-0.1, -0.05) is 0 Å². The van der Waals surface area contributed by atoms with Crippen LogP contribution in [0.3, 0.4) is 0 Å². The lowest BCUT2D eigenvalue weighted by atomic mass is 10.1. The van der Waals surface area contributed by atoms with Gasteiger partial charge in [0, 0.05) is 0 Å². The number of amides is 1. The summed E-state index contributed by atoms with van der Waals surface area (Å²) in [5.41, 5.74) is -2.53. The van der Waals surface area contributed by atoms with Crippen LogP contribution < -0.4 is 10.1 Å². The highest BCUT2D eigenvalue weighted by Crippen LogP contribution is 2.30. The average molecular weight is 303 g/mol. The zero-order valence-electron chi connectivity index (χ0n) is 11.7. The van der Waals surface area contributed by atoms with E-state index in [0.717, 1.165) is 32.9 Å². The molecule has 1 aliphatic rings. The molecule has 0 saturated heterocycles. The van der Waals surface area contributed by atoms with Crippen molar-refractivity contribution in [3.05, 3.63) is 18.1 Å². The lowest BCUT2D eigenvalue weighted by molar-refractivity contribution is -0.182. The first-order valence-corrected chi connectivity index (χ1v) is 6.53. The van der Waals surface area contributed by atoms with Gasteiger partial charge >= 0.3 is 6.18 Å². The molecule has 0 spiro atoms. The molecule has 1 fully saturated rings. The Hall–Kier alpha value is -1.86. The van der Waals surface area contributed by atoms with Gasteiger partial charge in [-0.2, -0.15) is 13.2 Å². The number of rotatable bonds is 5. The Morgan fingerprint density at radius 1 is 1.33 bits per heavy atom. The summed E-state index contributed by atoms with van der Waals surface area (Å²) in [5, 5.41) is 1.88. The summed E-state index contributed by atoms with van der Waals surface area (Å²) in [4.78, 5) is 19.4. The zero-order chi connectivity index (χ0) is 15.7. The maximum absolute atomic E-state index is 12.7. The van der Waals surface area contributed by atoms with Crippen LogP contribution in [0.1, 0.15) is 37.2 Å². The Bertz CT molecular complexity index is 510. The van der Waals surface area contributed by atoms with Crippen LogP contribution in [-0.4, -0.2) is 34.2 Å². The molecule has 0 atom stereocenters. The molecule has 1 aromatic heterocycles. The van der Waals surface area contributed by atoms with Crippen LogP contribution in [-0.2, 0) is 0 Å². The third kappa shape index (κ3) is 4.05. The van der Waals surface area contributed by atoms with Crippen LogP contribution in [0, 0.1) is 5.92 Å². The van der Waals surface area contributed by atoms with Crippen molar-refractivity contribution < 1.29 is 22.7 Å². The Labute approximate surface area is 119 Å². The van der Waals surface area contributed by atoms with Crippen molar-refractivity contribution in [2.75, 3.05) is 6.61 Å². The van der Waals surface area contributed by atoms with Gasteiger partial charge in [-0.3, -0.25) is 4.79 Å². The van der Waals surface area contributed by atoms with Crippen molar-refractivity contribution in [2.24, 2.45) is 5.92 Å². The van der Waals surface area contributed by atoms with E-state index in [4.69, 9.17) is 4.74 Å². The van der Waals surface area contributed by atoms with Gasteiger partial charge in [0.25, 0.3) is 5.91 Å². The predicted octanol–water partition coefficient (Wildman–Crippen LogP) is 2.34. The molecule has 0 radical (unpaired) electrons. The molecular formula is C13H16F3N3O2. The Morgan fingerprint density at radius 2 is 2.00 bits per heavy atom. The minimum atomic E-state index is -4.55. The van der Waals surface area contributed by atoms with Crippen molar-refractivity contribution in [2.45, 2.75) is 38.4 Å². The molecule has 1 heterocycles. The number of hydrogen-bond acceptors (Lipinski definition) is 4. The molecule has 0 aliphatic heterocycles. The van der Waals surface area contributed by atoms with E-state index >= 15 is 0 Å². The number of alkyl halides is 3. The highest BCUT2D eigenvalue weighted by Gasteiger charge is 2.48. The first-order chi connectivity index (χ1) is 9.69. The SMILES string of the molecule is CC(C)(NC(=O)c1cnc(OCC2CC2)cn1)C(F)(F)F. The second kappa shape index (κ2) is 5.50. The largest absolute Gasteiger partial charge is 0.476 e. The van der Waals surface area contributed by atoms with E-state index in [-0.39, 0.29) is 11.6 Å². The van der Waals surface area contributed by atoms with Crippen LogP contribution in [0.2, 0.25) is 0 Å². The normalized spacial score (nSPS) is 15.7. The van der Waals surface area contributed by atoms with Crippen molar-refractivity contribution in [1.29, 1.82) is 0 Å². The van der Waals surface area contributed by atoms with Gasteiger partial charge in [-0.25, -0.2) is 9.97 Å². The third-order valence-electron chi connectivity index (χ3n) is 3.16.